The summed E-state index contributed by atoms with van der Waals surface area (Å²) in [6.07, 6.45) is 1.74. The average molecular weight is 295 g/mol. The summed E-state index contributed by atoms with van der Waals surface area (Å²) < 4.78 is 38.5. The smallest absolute Gasteiger partial charge is 0.292 e. The van der Waals surface area contributed by atoms with Crippen LogP contribution in [0.5, 0.6) is 0 Å². The molecule has 0 aliphatic heterocycles. The molecule has 0 radical (unpaired) electrons. The van der Waals surface area contributed by atoms with Crippen molar-refractivity contribution in [3.8, 4) is 11.8 Å². The fourth-order valence-electron chi connectivity index (χ4n) is 2.75. The minimum Gasteiger partial charge on any atom is -0.292 e. The highest BCUT2D eigenvalue weighted by molar-refractivity contribution is 5.42. The average Bonchev–Trinajstić information content (AvgIpc) is 2.47. The summed E-state index contributed by atoms with van der Waals surface area (Å²) in [7, 11) is 2.00. The number of alkyl halides is 3. The molecule has 1 aliphatic carbocycles. The normalized spacial score (nSPS) is 16.6. The fourth-order valence-corrected chi connectivity index (χ4v) is 2.75. The summed E-state index contributed by atoms with van der Waals surface area (Å²) in [5.74, 6) is 5.57. The van der Waals surface area contributed by atoms with E-state index in [2.05, 4.69) is 16.7 Å². The Morgan fingerprint density at radius 1 is 1.14 bits per heavy atom. The lowest BCUT2D eigenvalue weighted by Crippen LogP contribution is -2.33. The maximum absolute atomic E-state index is 12.8. The molecular formula is C17H20F3N. The Morgan fingerprint density at radius 3 is 2.48 bits per heavy atom. The second-order valence-electron chi connectivity index (χ2n) is 5.55. The van der Waals surface area contributed by atoms with Crippen molar-refractivity contribution in [3.63, 3.8) is 0 Å². The summed E-state index contributed by atoms with van der Waals surface area (Å²) in [5, 5.41) is 0. The topological polar surface area (TPSA) is 3.24 Å². The van der Waals surface area contributed by atoms with E-state index < -0.39 is 11.7 Å². The third kappa shape index (κ3) is 4.50. The van der Waals surface area contributed by atoms with Crippen molar-refractivity contribution in [2.45, 2.75) is 44.3 Å². The van der Waals surface area contributed by atoms with Gasteiger partial charge in [0.2, 0.25) is 0 Å². The van der Waals surface area contributed by atoms with E-state index >= 15 is 0 Å². The van der Waals surface area contributed by atoms with Crippen LogP contribution in [0.2, 0.25) is 0 Å². The first-order chi connectivity index (χ1) is 9.98. The molecule has 0 bridgehead atoms. The first-order valence-corrected chi connectivity index (χ1v) is 7.34. The highest BCUT2D eigenvalue weighted by Gasteiger charge is 2.32. The van der Waals surface area contributed by atoms with Gasteiger partial charge < -0.3 is 0 Å². The lowest BCUT2D eigenvalue weighted by molar-refractivity contribution is -0.137. The number of hydrogen-bond donors (Lipinski definition) is 0. The molecule has 4 heteroatoms. The Morgan fingerprint density at radius 2 is 1.81 bits per heavy atom. The van der Waals surface area contributed by atoms with Gasteiger partial charge in [0, 0.05) is 11.6 Å². The van der Waals surface area contributed by atoms with Crippen LogP contribution in [0.15, 0.2) is 24.3 Å². The molecule has 1 aliphatic rings. The highest BCUT2D eigenvalue weighted by Crippen LogP contribution is 2.31. The van der Waals surface area contributed by atoms with E-state index in [0.717, 1.165) is 18.9 Å². The van der Waals surface area contributed by atoms with Crippen molar-refractivity contribution in [1.29, 1.82) is 0 Å². The predicted molar refractivity (Wildman–Crippen MR) is 77.8 cm³/mol. The summed E-state index contributed by atoms with van der Waals surface area (Å²) in [6, 6.07) is 6.00. The summed E-state index contributed by atoms with van der Waals surface area (Å²) >= 11 is 0. The molecule has 21 heavy (non-hydrogen) atoms. The van der Waals surface area contributed by atoms with E-state index in [4.69, 9.17) is 0 Å². The summed E-state index contributed by atoms with van der Waals surface area (Å²) in [6.45, 7) is 0.511. The molecule has 1 aromatic rings. The van der Waals surface area contributed by atoms with Gasteiger partial charge in [-0.15, -0.1) is 0 Å². The van der Waals surface area contributed by atoms with Crippen molar-refractivity contribution in [2.24, 2.45) is 0 Å². The first kappa shape index (κ1) is 15.9. The van der Waals surface area contributed by atoms with Crippen LogP contribution in [0.3, 0.4) is 0 Å². The quantitative estimate of drug-likeness (QED) is 0.734. The Hall–Kier alpha value is -1.47. The Balaban J connectivity index is 2.02. The molecule has 0 saturated heterocycles. The standard InChI is InChI=1S/C17H20F3N/c1-21(15-10-3-2-4-11-15)13-7-9-14-8-5-6-12-16(14)17(18,19)20/h5-6,8,12,15H,2-4,10-11,13H2,1H3. The van der Waals surface area contributed by atoms with Crippen LogP contribution in [-0.2, 0) is 6.18 Å². The molecular weight excluding hydrogens is 275 g/mol. The fraction of sp³-hybridized carbons (Fsp3) is 0.529. The molecule has 0 unspecified atom stereocenters. The van der Waals surface area contributed by atoms with Gasteiger partial charge in [-0.05, 0) is 32.0 Å². The van der Waals surface area contributed by atoms with Gasteiger partial charge in [-0.1, -0.05) is 43.2 Å². The maximum atomic E-state index is 12.8. The molecule has 0 aromatic heterocycles. The van der Waals surface area contributed by atoms with Crippen LogP contribution < -0.4 is 0 Å². The molecule has 0 amide bonds. The van der Waals surface area contributed by atoms with Crippen LogP contribution >= 0.6 is 0 Å². The largest absolute Gasteiger partial charge is 0.417 e. The van der Waals surface area contributed by atoms with E-state index in [-0.39, 0.29) is 5.56 Å². The molecule has 2 rings (SSSR count). The molecule has 1 fully saturated rings. The third-order valence-electron chi connectivity index (χ3n) is 3.98. The predicted octanol–water partition coefficient (Wildman–Crippen LogP) is 4.32. The van der Waals surface area contributed by atoms with Crippen molar-refractivity contribution in [2.75, 3.05) is 13.6 Å². The van der Waals surface area contributed by atoms with Crippen LogP contribution in [0.1, 0.15) is 43.2 Å². The van der Waals surface area contributed by atoms with Gasteiger partial charge >= 0.3 is 6.18 Å². The molecule has 1 saturated carbocycles. The third-order valence-corrected chi connectivity index (χ3v) is 3.98. The second-order valence-corrected chi connectivity index (χ2v) is 5.55. The minimum atomic E-state index is -4.35. The molecule has 0 atom stereocenters. The number of nitrogens with zero attached hydrogens (tertiary/aromatic N) is 1. The van der Waals surface area contributed by atoms with E-state index in [1.54, 1.807) is 6.07 Å². The molecule has 1 nitrogen and oxygen atoms in total. The molecule has 0 spiro atoms. The zero-order valence-corrected chi connectivity index (χ0v) is 12.2. The Kier molecular flexibility index (Phi) is 5.30. The molecule has 1 aromatic carbocycles. The monoisotopic (exact) mass is 295 g/mol. The maximum Gasteiger partial charge on any atom is 0.417 e. The Labute approximate surface area is 124 Å². The molecule has 0 N–H and O–H groups in total. The number of halogens is 3. The zero-order valence-electron chi connectivity index (χ0n) is 12.2. The SMILES string of the molecule is CN(CC#Cc1ccccc1C(F)(F)F)C1CCCCC1. The van der Waals surface area contributed by atoms with E-state index in [9.17, 15) is 13.2 Å². The van der Waals surface area contributed by atoms with Gasteiger partial charge in [-0.25, -0.2) is 0 Å². The van der Waals surface area contributed by atoms with Gasteiger partial charge in [0.05, 0.1) is 12.1 Å². The van der Waals surface area contributed by atoms with Crippen molar-refractivity contribution < 1.29 is 13.2 Å². The van der Waals surface area contributed by atoms with E-state index in [1.807, 2.05) is 7.05 Å². The van der Waals surface area contributed by atoms with Crippen LogP contribution in [-0.4, -0.2) is 24.5 Å². The zero-order chi connectivity index (χ0) is 15.3. The summed E-state index contributed by atoms with van der Waals surface area (Å²) in [4.78, 5) is 2.16. The Bertz CT molecular complexity index is 519. The summed E-state index contributed by atoms with van der Waals surface area (Å²) in [5.41, 5.74) is -0.597. The number of rotatable bonds is 2. The van der Waals surface area contributed by atoms with Crippen molar-refractivity contribution in [3.05, 3.63) is 35.4 Å². The highest BCUT2D eigenvalue weighted by atomic mass is 19.4. The lowest BCUT2D eigenvalue weighted by Gasteiger charge is -2.29. The molecule has 0 heterocycles. The van der Waals surface area contributed by atoms with Crippen molar-refractivity contribution >= 4 is 0 Å². The lowest BCUT2D eigenvalue weighted by atomic mass is 9.94. The molecule has 114 valence electrons. The second kappa shape index (κ2) is 7.00. The van der Waals surface area contributed by atoms with Gasteiger partial charge in [-0.3, -0.25) is 4.90 Å². The minimum absolute atomic E-state index is 0.0574. The van der Waals surface area contributed by atoms with E-state index in [1.165, 1.54) is 31.4 Å². The first-order valence-electron chi connectivity index (χ1n) is 7.34. The van der Waals surface area contributed by atoms with Crippen LogP contribution in [0.25, 0.3) is 0 Å². The number of hydrogen-bond acceptors (Lipinski definition) is 1. The number of benzene rings is 1. The van der Waals surface area contributed by atoms with Crippen LogP contribution in [0, 0.1) is 11.8 Å². The van der Waals surface area contributed by atoms with Gasteiger partial charge in [0.1, 0.15) is 0 Å². The van der Waals surface area contributed by atoms with Gasteiger partial charge in [0.25, 0.3) is 0 Å². The van der Waals surface area contributed by atoms with Crippen LogP contribution in [0.4, 0.5) is 13.2 Å². The van der Waals surface area contributed by atoms with Gasteiger partial charge in [0.15, 0.2) is 0 Å². The van der Waals surface area contributed by atoms with E-state index in [0.29, 0.717) is 12.6 Å². The van der Waals surface area contributed by atoms with Gasteiger partial charge in [-0.2, -0.15) is 13.2 Å². The van der Waals surface area contributed by atoms with Crippen molar-refractivity contribution in [1.82, 2.24) is 4.90 Å².